The molecular weight excluding hydrogens is 140 g/mol. The van der Waals surface area contributed by atoms with Crippen LogP contribution in [-0.4, -0.2) is 13.1 Å². The summed E-state index contributed by atoms with van der Waals surface area (Å²) in [4.78, 5) is 10.9. The van der Waals surface area contributed by atoms with E-state index in [4.69, 9.17) is 1.37 Å². The highest BCUT2D eigenvalue weighted by atomic mass is 16.5. The molecular formula is C9H10O2. The summed E-state index contributed by atoms with van der Waals surface area (Å²) in [6.07, 6.45) is 0. The smallest absolute Gasteiger partial charge is 0.337 e. The third-order valence-electron chi connectivity index (χ3n) is 1.38. The number of ether oxygens (including phenoxy) is 1. The molecule has 0 unspecified atom stereocenters. The van der Waals surface area contributed by atoms with Gasteiger partial charge in [0.15, 0.2) is 0 Å². The summed E-state index contributed by atoms with van der Waals surface area (Å²) in [6, 6.07) is 6.82. The number of aryl methyl sites for hydroxylation is 1. The van der Waals surface area contributed by atoms with Crippen LogP contribution in [0, 0.1) is 6.90 Å². The molecule has 0 saturated heterocycles. The lowest BCUT2D eigenvalue weighted by atomic mass is 10.2. The lowest BCUT2D eigenvalue weighted by molar-refractivity contribution is 0.0601. The second-order valence-corrected chi connectivity index (χ2v) is 2.19. The molecule has 0 aromatic heterocycles. The number of esters is 1. The molecule has 0 radical (unpaired) electrons. The topological polar surface area (TPSA) is 26.3 Å². The predicted octanol–water partition coefficient (Wildman–Crippen LogP) is 1.78. The van der Waals surface area contributed by atoms with Gasteiger partial charge in [-0.3, -0.25) is 0 Å². The van der Waals surface area contributed by atoms with Crippen molar-refractivity contribution in [3.8, 4) is 0 Å². The van der Waals surface area contributed by atoms with Gasteiger partial charge in [-0.1, -0.05) is 17.7 Å². The maximum atomic E-state index is 10.9. The Hall–Kier alpha value is -1.31. The first-order valence-corrected chi connectivity index (χ1v) is 3.24. The number of methoxy groups -OCH3 is 1. The van der Waals surface area contributed by atoms with Crippen molar-refractivity contribution in [3.05, 3.63) is 35.4 Å². The van der Waals surface area contributed by atoms with Gasteiger partial charge in [0.1, 0.15) is 0 Å². The fourth-order valence-corrected chi connectivity index (χ4v) is 0.759. The van der Waals surface area contributed by atoms with E-state index in [1.54, 1.807) is 24.3 Å². The number of benzene rings is 1. The van der Waals surface area contributed by atoms with E-state index in [0.717, 1.165) is 5.56 Å². The molecule has 0 spiro atoms. The minimum Gasteiger partial charge on any atom is -0.465 e. The molecule has 0 bridgehead atoms. The van der Waals surface area contributed by atoms with Gasteiger partial charge in [0, 0.05) is 1.37 Å². The molecule has 58 valence electrons. The predicted molar refractivity (Wildman–Crippen MR) is 42.5 cm³/mol. The largest absolute Gasteiger partial charge is 0.465 e. The summed E-state index contributed by atoms with van der Waals surface area (Å²) in [5.74, 6) is -0.341. The Labute approximate surface area is 67.2 Å². The zero-order chi connectivity index (χ0) is 8.97. The molecule has 2 nitrogen and oxygen atoms in total. The van der Waals surface area contributed by atoms with Crippen molar-refractivity contribution in [2.24, 2.45) is 0 Å². The second kappa shape index (κ2) is 3.19. The Morgan fingerprint density at radius 1 is 1.45 bits per heavy atom. The van der Waals surface area contributed by atoms with Crippen molar-refractivity contribution in [2.45, 2.75) is 6.90 Å². The third-order valence-corrected chi connectivity index (χ3v) is 1.38. The van der Waals surface area contributed by atoms with Gasteiger partial charge in [0.05, 0.1) is 12.7 Å². The molecule has 2 heteroatoms. The summed E-state index contributed by atoms with van der Waals surface area (Å²) in [6.45, 7) is 0.238. The standard InChI is InChI=1S/C9H10O2/c1-7-3-5-8(6-4-7)9(10)11-2/h3-6H,1-2H3/i1D. The monoisotopic (exact) mass is 151 g/mol. The molecule has 0 saturated carbocycles. The molecule has 0 amide bonds. The van der Waals surface area contributed by atoms with Crippen LogP contribution in [0.5, 0.6) is 0 Å². The average molecular weight is 151 g/mol. The lowest BCUT2D eigenvalue weighted by Gasteiger charge is -1.97. The molecule has 1 aromatic rings. The van der Waals surface area contributed by atoms with Crippen molar-refractivity contribution in [1.29, 1.82) is 0 Å². The van der Waals surface area contributed by atoms with Gasteiger partial charge in [-0.05, 0) is 19.0 Å². The van der Waals surface area contributed by atoms with Gasteiger partial charge in [0.2, 0.25) is 0 Å². The average Bonchev–Trinajstić information content (AvgIpc) is 2.17. The number of hydrogen-bond donors (Lipinski definition) is 0. The number of carbonyl (C=O) groups excluding carboxylic acids is 1. The van der Waals surface area contributed by atoms with Crippen LogP contribution in [0.4, 0.5) is 0 Å². The second-order valence-electron chi connectivity index (χ2n) is 2.19. The van der Waals surface area contributed by atoms with E-state index < -0.39 is 0 Å². The first kappa shape index (κ1) is 6.40. The fraction of sp³-hybridized carbons (Fsp3) is 0.222. The molecule has 0 aliphatic carbocycles. The van der Waals surface area contributed by atoms with E-state index in [9.17, 15) is 4.79 Å². The molecule has 1 aromatic carbocycles. The number of carbonyl (C=O) groups is 1. The number of rotatable bonds is 1. The van der Waals surface area contributed by atoms with Crippen LogP contribution in [0.1, 0.15) is 17.3 Å². The summed E-state index contributed by atoms with van der Waals surface area (Å²) < 4.78 is 11.6. The highest BCUT2D eigenvalue weighted by Gasteiger charge is 2.01. The molecule has 0 aliphatic rings. The zero-order valence-corrected chi connectivity index (χ0v) is 6.33. The normalized spacial score (nSPS) is 10.5. The highest BCUT2D eigenvalue weighted by molar-refractivity contribution is 5.89. The maximum absolute atomic E-state index is 10.9. The van der Waals surface area contributed by atoms with Crippen LogP contribution in [0.25, 0.3) is 0 Å². The Morgan fingerprint density at radius 2 is 2.09 bits per heavy atom. The Balaban J connectivity index is 2.84. The Bertz CT molecular complexity index is 266. The van der Waals surface area contributed by atoms with E-state index in [1.165, 1.54) is 7.11 Å². The van der Waals surface area contributed by atoms with Gasteiger partial charge in [-0.25, -0.2) is 4.79 Å². The van der Waals surface area contributed by atoms with E-state index in [-0.39, 0.29) is 12.9 Å². The van der Waals surface area contributed by atoms with Gasteiger partial charge in [-0.15, -0.1) is 0 Å². The van der Waals surface area contributed by atoms with Crippen LogP contribution in [0.2, 0.25) is 0 Å². The SMILES string of the molecule is [2H]Cc1ccc(C(=O)OC)cc1. The summed E-state index contributed by atoms with van der Waals surface area (Å²) in [7, 11) is 1.35. The maximum Gasteiger partial charge on any atom is 0.337 e. The molecule has 0 aliphatic heterocycles. The van der Waals surface area contributed by atoms with Crippen LogP contribution in [0.15, 0.2) is 24.3 Å². The fourth-order valence-electron chi connectivity index (χ4n) is 0.759. The van der Waals surface area contributed by atoms with Gasteiger partial charge in [-0.2, -0.15) is 0 Å². The van der Waals surface area contributed by atoms with Crippen LogP contribution in [-0.2, 0) is 4.74 Å². The summed E-state index contributed by atoms with van der Waals surface area (Å²) >= 11 is 0. The molecule has 11 heavy (non-hydrogen) atoms. The van der Waals surface area contributed by atoms with Crippen LogP contribution in [0.3, 0.4) is 0 Å². The summed E-state index contributed by atoms with van der Waals surface area (Å²) in [5, 5.41) is 0. The van der Waals surface area contributed by atoms with E-state index >= 15 is 0 Å². The Morgan fingerprint density at radius 3 is 2.55 bits per heavy atom. The van der Waals surface area contributed by atoms with Gasteiger partial charge >= 0.3 is 5.97 Å². The zero-order valence-electron chi connectivity index (χ0n) is 7.33. The Kier molecular flexibility index (Phi) is 1.86. The minimum absolute atomic E-state index is 0.238. The summed E-state index contributed by atoms with van der Waals surface area (Å²) in [5.41, 5.74) is 1.41. The van der Waals surface area contributed by atoms with Crippen molar-refractivity contribution >= 4 is 5.97 Å². The van der Waals surface area contributed by atoms with Crippen LogP contribution < -0.4 is 0 Å². The van der Waals surface area contributed by atoms with Crippen molar-refractivity contribution in [1.82, 2.24) is 0 Å². The third kappa shape index (κ3) is 1.80. The molecule has 0 fully saturated rings. The van der Waals surface area contributed by atoms with Gasteiger partial charge < -0.3 is 4.74 Å². The van der Waals surface area contributed by atoms with E-state index in [2.05, 4.69) is 4.74 Å². The van der Waals surface area contributed by atoms with Crippen LogP contribution >= 0.6 is 0 Å². The first-order valence-electron chi connectivity index (χ1n) is 3.95. The first-order chi connectivity index (χ1) is 5.77. The molecule has 0 N–H and O–H groups in total. The van der Waals surface area contributed by atoms with Crippen molar-refractivity contribution < 1.29 is 10.9 Å². The van der Waals surface area contributed by atoms with E-state index in [1.807, 2.05) is 0 Å². The molecule has 0 atom stereocenters. The minimum atomic E-state index is -0.341. The highest BCUT2D eigenvalue weighted by Crippen LogP contribution is 2.03. The van der Waals surface area contributed by atoms with Crippen molar-refractivity contribution in [3.63, 3.8) is 0 Å². The van der Waals surface area contributed by atoms with Crippen molar-refractivity contribution in [2.75, 3.05) is 7.11 Å². The molecule has 0 heterocycles. The quantitative estimate of drug-likeness (QED) is 0.572. The van der Waals surface area contributed by atoms with E-state index in [0.29, 0.717) is 5.56 Å². The van der Waals surface area contributed by atoms with Gasteiger partial charge in [0.25, 0.3) is 0 Å². The molecule has 1 rings (SSSR count). The lowest BCUT2D eigenvalue weighted by Crippen LogP contribution is -2.00. The number of hydrogen-bond acceptors (Lipinski definition) is 2.